The molecule has 0 radical (unpaired) electrons. The predicted octanol–water partition coefficient (Wildman–Crippen LogP) is 1.47. The first-order chi connectivity index (χ1) is 11.5. The summed E-state index contributed by atoms with van der Waals surface area (Å²) in [5, 5.41) is 5.79. The molecule has 1 aromatic carbocycles. The lowest BCUT2D eigenvalue weighted by molar-refractivity contribution is -0.123. The summed E-state index contributed by atoms with van der Waals surface area (Å²) in [6.07, 6.45) is 2.18. The van der Waals surface area contributed by atoms with Crippen LogP contribution in [0.3, 0.4) is 0 Å². The maximum atomic E-state index is 12.2. The Balaban J connectivity index is 1.73. The quantitative estimate of drug-likeness (QED) is 0.793. The molecule has 6 heteroatoms. The minimum atomic E-state index is -0.123. The number of carbonyl (C=O) groups excluding carboxylic acids is 2. The van der Waals surface area contributed by atoms with Gasteiger partial charge in [0.25, 0.3) is 0 Å². The lowest BCUT2D eigenvalue weighted by atomic mass is 10.1. The number of nitrogens with zero attached hydrogens (tertiary/aromatic N) is 1. The summed E-state index contributed by atoms with van der Waals surface area (Å²) in [4.78, 5) is 25.8. The normalized spacial score (nSPS) is 17.1. The number of para-hydroxylation sites is 1. The highest BCUT2D eigenvalue weighted by Crippen LogP contribution is 2.19. The van der Waals surface area contributed by atoms with E-state index in [1.165, 1.54) is 0 Å². The topological polar surface area (TPSA) is 70.7 Å². The average molecular weight is 333 g/mol. The van der Waals surface area contributed by atoms with Crippen LogP contribution in [0.5, 0.6) is 0 Å². The van der Waals surface area contributed by atoms with Crippen molar-refractivity contribution in [1.82, 2.24) is 10.2 Å². The van der Waals surface area contributed by atoms with Gasteiger partial charge in [-0.2, -0.15) is 0 Å². The van der Waals surface area contributed by atoms with Gasteiger partial charge in [0, 0.05) is 18.8 Å². The monoisotopic (exact) mass is 333 g/mol. The molecule has 0 saturated carbocycles. The molecule has 1 fully saturated rings. The summed E-state index contributed by atoms with van der Waals surface area (Å²) >= 11 is 0. The minimum Gasteiger partial charge on any atom is -0.376 e. The summed E-state index contributed by atoms with van der Waals surface area (Å²) in [6.45, 7) is 5.60. The lowest BCUT2D eigenvalue weighted by Gasteiger charge is -2.18. The van der Waals surface area contributed by atoms with Crippen LogP contribution in [0.4, 0.5) is 5.69 Å². The van der Waals surface area contributed by atoms with Crippen molar-refractivity contribution in [3.8, 4) is 0 Å². The maximum Gasteiger partial charge on any atom is 0.238 e. The minimum absolute atomic E-state index is 0.0899. The molecule has 0 unspecified atom stereocenters. The van der Waals surface area contributed by atoms with E-state index in [-0.39, 0.29) is 31.0 Å². The second-order valence-electron chi connectivity index (χ2n) is 6.43. The molecule has 132 valence electrons. The highest BCUT2D eigenvalue weighted by molar-refractivity contribution is 5.94. The number of ether oxygens (including phenoxy) is 1. The standard InChI is InChI=1S/C18H27N3O3/c1-13-6-4-7-14(2)18(13)20-17(23)12-21(3)11-16(22)19-10-15-8-5-9-24-15/h4,6-7,15H,5,8-12H2,1-3H3,(H,19,22)(H,20,23)/t15-/m0/s1. The fraction of sp³-hybridized carbons (Fsp3) is 0.556. The van der Waals surface area contributed by atoms with E-state index in [9.17, 15) is 9.59 Å². The lowest BCUT2D eigenvalue weighted by Crippen LogP contribution is -2.41. The first-order valence-electron chi connectivity index (χ1n) is 8.38. The molecule has 1 aliphatic rings. The number of likely N-dealkylation sites (N-methyl/N-ethyl adjacent to an activating group) is 1. The smallest absolute Gasteiger partial charge is 0.238 e. The van der Waals surface area contributed by atoms with Crippen molar-refractivity contribution in [3.63, 3.8) is 0 Å². The van der Waals surface area contributed by atoms with Gasteiger partial charge in [-0.05, 0) is 44.9 Å². The Hall–Kier alpha value is -1.92. The van der Waals surface area contributed by atoms with E-state index in [0.717, 1.165) is 36.3 Å². The van der Waals surface area contributed by atoms with Crippen LogP contribution in [0.1, 0.15) is 24.0 Å². The molecule has 1 saturated heterocycles. The van der Waals surface area contributed by atoms with E-state index in [2.05, 4.69) is 10.6 Å². The number of rotatable bonds is 7. The Bertz CT molecular complexity index is 563. The van der Waals surface area contributed by atoms with Crippen molar-refractivity contribution in [1.29, 1.82) is 0 Å². The van der Waals surface area contributed by atoms with Crippen molar-refractivity contribution in [3.05, 3.63) is 29.3 Å². The van der Waals surface area contributed by atoms with Crippen LogP contribution in [0.25, 0.3) is 0 Å². The van der Waals surface area contributed by atoms with E-state index in [1.807, 2.05) is 32.0 Å². The highest BCUT2D eigenvalue weighted by Gasteiger charge is 2.17. The largest absolute Gasteiger partial charge is 0.376 e. The van der Waals surface area contributed by atoms with Gasteiger partial charge in [-0.3, -0.25) is 14.5 Å². The SMILES string of the molecule is Cc1cccc(C)c1NC(=O)CN(C)CC(=O)NC[C@@H]1CCCO1. The fourth-order valence-electron chi connectivity index (χ4n) is 2.83. The molecule has 2 rings (SSSR count). The molecule has 1 atom stereocenters. The number of hydrogen-bond donors (Lipinski definition) is 2. The number of carbonyl (C=O) groups is 2. The van der Waals surface area contributed by atoms with Gasteiger partial charge in [0.05, 0.1) is 19.2 Å². The van der Waals surface area contributed by atoms with E-state index >= 15 is 0 Å². The molecule has 0 aliphatic carbocycles. The van der Waals surface area contributed by atoms with Gasteiger partial charge in [-0.25, -0.2) is 0 Å². The van der Waals surface area contributed by atoms with Crippen molar-refractivity contribution in [2.24, 2.45) is 0 Å². The van der Waals surface area contributed by atoms with Gasteiger partial charge >= 0.3 is 0 Å². The van der Waals surface area contributed by atoms with Gasteiger partial charge in [0.2, 0.25) is 11.8 Å². The molecular formula is C18H27N3O3. The first kappa shape index (κ1) is 18.4. The third kappa shape index (κ3) is 5.62. The van der Waals surface area contributed by atoms with Gasteiger partial charge in [0.15, 0.2) is 0 Å². The number of benzene rings is 1. The average Bonchev–Trinajstić information content (AvgIpc) is 3.02. The molecular weight excluding hydrogens is 306 g/mol. The Morgan fingerprint density at radius 1 is 1.21 bits per heavy atom. The molecule has 2 N–H and O–H groups in total. The van der Waals surface area contributed by atoms with E-state index < -0.39 is 0 Å². The third-order valence-electron chi connectivity index (χ3n) is 4.12. The van der Waals surface area contributed by atoms with Crippen molar-refractivity contribution < 1.29 is 14.3 Å². The molecule has 0 spiro atoms. The number of hydrogen-bond acceptors (Lipinski definition) is 4. The zero-order valence-corrected chi connectivity index (χ0v) is 14.7. The summed E-state index contributed by atoms with van der Waals surface area (Å²) in [6, 6.07) is 5.89. The summed E-state index contributed by atoms with van der Waals surface area (Å²) in [7, 11) is 1.76. The van der Waals surface area contributed by atoms with Crippen molar-refractivity contribution >= 4 is 17.5 Å². The van der Waals surface area contributed by atoms with Crippen LogP contribution < -0.4 is 10.6 Å². The van der Waals surface area contributed by atoms with E-state index in [4.69, 9.17) is 4.74 Å². The zero-order chi connectivity index (χ0) is 17.5. The molecule has 0 aromatic heterocycles. The fourth-order valence-corrected chi connectivity index (χ4v) is 2.83. The predicted molar refractivity (Wildman–Crippen MR) is 94.0 cm³/mol. The van der Waals surface area contributed by atoms with Gasteiger partial charge in [-0.15, -0.1) is 0 Å². The third-order valence-corrected chi connectivity index (χ3v) is 4.12. The number of nitrogens with one attached hydrogen (secondary N) is 2. The molecule has 0 bridgehead atoms. The van der Waals surface area contributed by atoms with Crippen LogP contribution in [-0.4, -0.2) is 56.1 Å². The molecule has 1 heterocycles. The molecule has 24 heavy (non-hydrogen) atoms. The summed E-state index contributed by atoms with van der Waals surface area (Å²) in [5.41, 5.74) is 2.90. The summed E-state index contributed by atoms with van der Waals surface area (Å²) in [5.74, 6) is -0.213. The molecule has 1 aromatic rings. The van der Waals surface area contributed by atoms with Crippen molar-refractivity contribution in [2.45, 2.75) is 32.8 Å². The van der Waals surface area contributed by atoms with Crippen LogP contribution in [-0.2, 0) is 14.3 Å². The van der Waals surface area contributed by atoms with Crippen LogP contribution >= 0.6 is 0 Å². The zero-order valence-electron chi connectivity index (χ0n) is 14.7. The Labute approximate surface area is 143 Å². The number of aryl methyl sites for hydroxylation is 2. The van der Waals surface area contributed by atoms with Crippen LogP contribution in [0.15, 0.2) is 18.2 Å². The maximum absolute atomic E-state index is 12.2. The van der Waals surface area contributed by atoms with Crippen molar-refractivity contribution in [2.75, 3.05) is 38.6 Å². The van der Waals surface area contributed by atoms with Gasteiger partial charge in [-0.1, -0.05) is 18.2 Å². The van der Waals surface area contributed by atoms with Gasteiger partial charge < -0.3 is 15.4 Å². The van der Waals surface area contributed by atoms with Crippen LogP contribution in [0.2, 0.25) is 0 Å². The number of anilines is 1. The molecule has 6 nitrogen and oxygen atoms in total. The highest BCUT2D eigenvalue weighted by atomic mass is 16.5. The molecule has 2 amide bonds. The Morgan fingerprint density at radius 2 is 1.88 bits per heavy atom. The van der Waals surface area contributed by atoms with E-state index in [1.54, 1.807) is 11.9 Å². The second kappa shape index (κ2) is 8.80. The Morgan fingerprint density at radius 3 is 2.50 bits per heavy atom. The summed E-state index contributed by atoms with van der Waals surface area (Å²) < 4.78 is 5.47. The second-order valence-corrected chi connectivity index (χ2v) is 6.43. The van der Waals surface area contributed by atoms with Gasteiger partial charge in [0.1, 0.15) is 0 Å². The van der Waals surface area contributed by atoms with Crippen LogP contribution in [0, 0.1) is 13.8 Å². The Kier molecular flexibility index (Phi) is 6.75. The van der Waals surface area contributed by atoms with E-state index in [0.29, 0.717) is 6.54 Å². The number of amides is 2. The first-order valence-corrected chi connectivity index (χ1v) is 8.38. The molecule has 1 aliphatic heterocycles.